The molecule has 0 spiro atoms. The minimum absolute atomic E-state index is 0.294. The second kappa shape index (κ2) is 4.70. The zero-order chi connectivity index (χ0) is 12.4. The van der Waals surface area contributed by atoms with Gasteiger partial charge in [-0.25, -0.2) is 4.98 Å². The molecule has 0 saturated carbocycles. The highest BCUT2D eigenvalue weighted by molar-refractivity contribution is 7.14. The Kier molecular flexibility index (Phi) is 2.90. The molecule has 0 radical (unpaired) electrons. The number of nitrogens with zero attached hydrogens (tertiary/aromatic N) is 1. The van der Waals surface area contributed by atoms with Crippen LogP contribution in [0.15, 0.2) is 36.2 Å². The standard InChI is InChI=1S/C13H12N2O2S/c1-2-5-14-13-15-10(7-18-13)9-3-4-11-12(6-9)17-8-16-11/h2-4,6-7H,1,5,8H2,(H,14,15). The Morgan fingerprint density at radius 2 is 2.28 bits per heavy atom. The number of anilines is 1. The number of hydrogen-bond donors (Lipinski definition) is 1. The first-order valence-corrected chi connectivity index (χ1v) is 6.45. The van der Waals surface area contributed by atoms with Gasteiger partial charge in [0.2, 0.25) is 6.79 Å². The van der Waals surface area contributed by atoms with Crippen molar-refractivity contribution in [2.24, 2.45) is 0 Å². The molecule has 0 unspecified atom stereocenters. The maximum atomic E-state index is 5.36. The lowest BCUT2D eigenvalue weighted by Gasteiger charge is -1.99. The average molecular weight is 260 g/mol. The van der Waals surface area contributed by atoms with Gasteiger partial charge in [-0.1, -0.05) is 6.08 Å². The molecule has 1 aromatic heterocycles. The normalized spacial score (nSPS) is 12.4. The number of nitrogens with one attached hydrogen (secondary N) is 1. The summed E-state index contributed by atoms with van der Waals surface area (Å²) >= 11 is 1.58. The molecule has 5 heteroatoms. The van der Waals surface area contributed by atoms with E-state index in [0.29, 0.717) is 13.3 Å². The smallest absolute Gasteiger partial charge is 0.231 e. The number of ether oxygens (including phenoxy) is 2. The fourth-order valence-corrected chi connectivity index (χ4v) is 2.43. The Morgan fingerprint density at radius 3 is 3.17 bits per heavy atom. The minimum atomic E-state index is 0.294. The molecule has 1 aliphatic rings. The number of aromatic nitrogens is 1. The Hall–Kier alpha value is -2.01. The first kappa shape index (κ1) is 11.1. The van der Waals surface area contributed by atoms with Crippen molar-refractivity contribution in [1.82, 2.24) is 4.98 Å². The second-order valence-corrected chi connectivity index (χ2v) is 4.63. The van der Waals surface area contributed by atoms with Gasteiger partial charge in [0.1, 0.15) is 0 Å². The lowest BCUT2D eigenvalue weighted by Crippen LogP contribution is -1.96. The van der Waals surface area contributed by atoms with Crippen molar-refractivity contribution in [3.8, 4) is 22.8 Å². The predicted molar refractivity (Wildman–Crippen MR) is 72.4 cm³/mol. The summed E-state index contributed by atoms with van der Waals surface area (Å²) < 4.78 is 10.6. The maximum Gasteiger partial charge on any atom is 0.231 e. The average Bonchev–Trinajstić information content (AvgIpc) is 3.04. The fraction of sp³-hybridized carbons (Fsp3) is 0.154. The Morgan fingerprint density at radius 1 is 1.39 bits per heavy atom. The lowest BCUT2D eigenvalue weighted by molar-refractivity contribution is 0.174. The summed E-state index contributed by atoms with van der Waals surface area (Å²) in [5.41, 5.74) is 1.96. The highest BCUT2D eigenvalue weighted by atomic mass is 32.1. The molecule has 0 saturated heterocycles. The molecule has 0 aliphatic carbocycles. The molecule has 3 rings (SSSR count). The number of rotatable bonds is 4. The minimum Gasteiger partial charge on any atom is -0.454 e. The van der Waals surface area contributed by atoms with Crippen LogP contribution < -0.4 is 14.8 Å². The van der Waals surface area contributed by atoms with E-state index >= 15 is 0 Å². The van der Waals surface area contributed by atoms with Crippen molar-refractivity contribution in [3.05, 3.63) is 36.2 Å². The van der Waals surface area contributed by atoms with Crippen LogP contribution in [0.4, 0.5) is 5.13 Å². The van der Waals surface area contributed by atoms with Crippen LogP contribution in [0.25, 0.3) is 11.3 Å². The van der Waals surface area contributed by atoms with Gasteiger partial charge in [0, 0.05) is 17.5 Å². The number of fused-ring (bicyclic) bond motifs is 1. The Labute approximate surface area is 109 Å². The molecule has 1 aliphatic heterocycles. The summed E-state index contributed by atoms with van der Waals surface area (Å²) in [4.78, 5) is 4.51. The third-order valence-electron chi connectivity index (χ3n) is 2.57. The van der Waals surface area contributed by atoms with Gasteiger partial charge >= 0.3 is 0 Å². The SMILES string of the molecule is C=CCNc1nc(-c2ccc3c(c2)OCO3)cs1. The van der Waals surface area contributed by atoms with Gasteiger partial charge < -0.3 is 14.8 Å². The largest absolute Gasteiger partial charge is 0.454 e. The van der Waals surface area contributed by atoms with E-state index in [9.17, 15) is 0 Å². The molecule has 0 fully saturated rings. The molecule has 0 atom stereocenters. The second-order valence-electron chi connectivity index (χ2n) is 3.78. The van der Waals surface area contributed by atoms with E-state index in [-0.39, 0.29) is 0 Å². The van der Waals surface area contributed by atoms with E-state index in [2.05, 4.69) is 16.9 Å². The third kappa shape index (κ3) is 2.04. The van der Waals surface area contributed by atoms with Crippen LogP contribution in [-0.2, 0) is 0 Å². The summed E-state index contributed by atoms with van der Waals surface area (Å²) in [5.74, 6) is 1.57. The van der Waals surface area contributed by atoms with E-state index in [0.717, 1.165) is 27.9 Å². The summed E-state index contributed by atoms with van der Waals surface area (Å²) in [5, 5.41) is 6.08. The highest BCUT2D eigenvalue weighted by Crippen LogP contribution is 2.36. The van der Waals surface area contributed by atoms with E-state index in [4.69, 9.17) is 9.47 Å². The summed E-state index contributed by atoms with van der Waals surface area (Å²) in [6.45, 7) is 4.67. The van der Waals surface area contributed by atoms with Gasteiger partial charge in [0.15, 0.2) is 16.6 Å². The third-order valence-corrected chi connectivity index (χ3v) is 3.37. The van der Waals surface area contributed by atoms with Crippen LogP contribution in [0, 0.1) is 0 Å². The summed E-state index contributed by atoms with van der Waals surface area (Å²) in [6, 6.07) is 5.85. The van der Waals surface area contributed by atoms with Crippen molar-refractivity contribution in [2.75, 3.05) is 18.7 Å². The monoisotopic (exact) mass is 260 g/mol. The summed E-state index contributed by atoms with van der Waals surface area (Å²) in [7, 11) is 0. The molecular formula is C13H12N2O2S. The Bertz CT molecular complexity index is 580. The lowest BCUT2D eigenvalue weighted by atomic mass is 10.1. The van der Waals surface area contributed by atoms with Crippen LogP contribution in [-0.4, -0.2) is 18.3 Å². The molecule has 2 heterocycles. The van der Waals surface area contributed by atoms with Crippen LogP contribution in [0.1, 0.15) is 0 Å². The van der Waals surface area contributed by atoms with Crippen molar-refractivity contribution >= 4 is 16.5 Å². The predicted octanol–water partition coefficient (Wildman–Crippen LogP) is 3.14. The quantitative estimate of drug-likeness (QED) is 0.858. The maximum absolute atomic E-state index is 5.36. The van der Waals surface area contributed by atoms with Gasteiger partial charge in [0.25, 0.3) is 0 Å². The zero-order valence-electron chi connectivity index (χ0n) is 9.68. The van der Waals surface area contributed by atoms with Gasteiger partial charge in [-0.15, -0.1) is 17.9 Å². The van der Waals surface area contributed by atoms with Crippen molar-refractivity contribution in [3.63, 3.8) is 0 Å². The number of thiazole rings is 1. The van der Waals surface area contributed by atoms with E-state index in [1.165, 1.54) is 0 Å². The van der Waals surface area contributed by atoms with E-state index < -0.39 is 0 Å². The van der Waals surface area contributed by atoms with Crippen molar-refractivity contribution < 1.29 is 9.47 Å². The molecule has 1 aromatic carbocycles. The first-order valence-electron chi connectivity index (χ1n) is 5.57. The van der Waals surface area contributed by atoms with Crippen molar-refractivity contribution in [1.29, 1.82) is 0 Å². The first-order chi connectivity index (χ1) is 8.86. The van der Waals surface area contributed by atoms with E-state index in [1.54, 1.807) is 11.3 Å². The molecule has 1 N–H and O–H groups in total. The molecule has 4 nitrogen and oxygen atoms in total. The van der Waals surface area contributed by atoms with Crippen LogP contribution in [0.5, 0.6) is 11.5 Å². The molecule has 2 aromatic rings. The molecule has 92 valence electrons. The van der Waals surface area contributed by atoms with Gasteiger partial charge in [-0.05, 0) is 18.2 Å². The van der Waals surface area contributed by atoms with Crippen LogP contribution >= 0.6 is 11.3 Å². The van der Waals surface area contributed by atoms with E-state index in [1.807, 2.05) is 29.7 Å². The number of benzene rings is 1. The van der Waals surface area contributed by atoms with Crippen LogP contribution in [0.2, 0.25) is 0 Å². The zero-order valence-corrected chi connectivity index (χ0v) is 10.5. The Balaban J connectivity index is 1.85. The van der Waals surface area contributed by atoms with Gasteiger partial charge in [0.05, 0.1) is 5.69 Å². The van der Waals surface area contributed by atoms with Crippen molar-refractivity contribution in [2.45, 2.75) is 0 Å². The van der Waals surface area contributed by atoms with Gasteiger partial charge in [-0.2, -0.15) is 0 Å². The van der Waals surface area contributed by atoms with Gasteiger partial charge in [-0.3, -0.25) is 0 Å². The molecule has 18 heavy (non-hydrogen) atoms. The highest BCUT2D eigenvalue weighted by Gasteiger charge is 2.14. The summed E-state index contributed by atoms with van der Waals surface area (Å²) in [6.07, 6.45) is 1.81. The van der Waals surface area contributed by atoms with Crippen LogP contribution in [0.3, 0.4) is 0 Å². The molecule has 0 bridgehead atoms. The number of hydrogen-bond acceptors (Lipinski definition) is 5. The molecule has 0 amide bonds. The molecular weight excluding hydrogens is 248 g/mol. The fourth-order valence-electron chi connectivity index (χ4n) is 1.70. The topological polar surface area (TPSA) is 43.4 Å².